The number of aldehydes is 4. The van der Waals surface area contributed by atoms with Crippen LogP contribution in [0, 0.1) is 17.8 Å². The predicted octanol–water partition coefficient (Wildman–Crippen LogP) is 21.5. The van der Waals surface area contributed by atoms with Crippen molar-refractivity contribution in [3.8, 4) is 0 Å². The summed E-state index contributed by atoms with van der Waals surface area (Å²) in [6, 6.07) is 0. The fraction of sp³-hybridized carbons (Fsp3) is 0.761. The van der Waals surface area contributed by atoms with Gasteiger partial charge in [-0.3, -0.25) is 4.79 Å². The molecule has 12 N–H and O–H groups in total. The van der Waals surface area contributed by atoms with Crippen LogP contribution < -0.4 is 0 Å². The van der Waals surface area contributed by atoms with Gasteiger partial charge in [0.1, 0.15) is 30.9 Å². The number of carbonyl (C=O) groups is 5. The Hall–Kier alpha value is -1.15. The molecule has 3 aliphatic carbocycles. The van der Waals surface area contributed by atoms with Crippen molar-refractivity contribution in [1.82, 2.24) is 0 Å². The van der Waals surface area contributed by atoms with Crippen LogP contribution in [0.2, 0.25) is 0 Å². The Morgan fingerprint density at radius 1 is 0.412 bits per heavy atom. The molecule has 2 atom stereocenters. The molecule has 0 amide bonds. The van der Waals surface area contributed by atoms with E-state index >= 15 is 0 Å². The van der Waals surface area contributed by atoms with E-state index in [9.17, 15) is 14.4 Å². The first-order valence-corrected chi connectivity index (χ1v) is 31.4. The average Bonchev–Trinajstić information content (AvgIpc) is 3.45. The van der Waals surface area contributed by atoms with E-state index in [1.165, 1.54) is 104 Å². The Balaban J connectivity index is -0.0000000167. The summed E-state index contributed by atoms with van der Waals surface area (Å²) in [5, 5.41) is 0. The molecule has 0 radical (unpaired) electrons. The van der Waals surface area contributed by atoms with Gasteiger partial charge in [-0.25, -0.2) is 0 Å². The van der Waals surface area contributed by atoms with Gasteiger partial charge in [0.15, 0.2) is 0 Å². The number of hydrogen-bond acceptors (Lipinski definition) is 8. The Kier molecular flexibility index (Phi) is 363. The SMILES string of the molecule is C/C=C/CCC.C/C=C/CCC.CC.CC.CC.CC.CC1=CCC(C)CC1.CC1=CCC(C)CC1.CC1CCC(=O)CC1.CC=CC.CC=CC.CC=O.CC=O.CCC.CCC=O.CCCCC.CCCCC=O.[H-].[H-].[H-].[H-].[H-].[H-].[Mg+2].[Mg+2].[Mg+2].[OH-].[OH-].[OH-].[OH3+].[OH3+].[OH3+]. The summed E-state index contributed by atoms with van der Waals surface area (Å²) in [6.45, 7) is 59.2. The monoisotopic (exact) mass is 1270 g/mol. The zero-order valence-electron chi connectivity index (χ0n) is 69.1. The fourth-order valence-electron chi connectivity index (χ4n) is 4.58. The van der Waals surface area contributed by atoms with Crippen LogP contribution in [0.4, 0.5) is 0 Å². The zero-order valence-corrected chi connectivity index (χ0v) is 67.4. The van der Waals surface area contributed by atoms with Crippen molar-refractivity contribution in [1.29, 1.82) is 0 Å². The summed E-state index contributed by atoms with van der Waals surface area (Å²) in [6.07, 6.45) is 50.5. The van der Waals surface area contributed by atoms with Gasteiger partial charge in [-0.1, -0.05) is 248 Å². The molecule has 2 unspecified atom stereocenters. The van der Waals surface area contributed by atoms with Crippen molar-refractivity contribution < 1.29 is 65.4 Å². The minimum atomic E-state index is 0. The van der Waals surface area contributed by atoms with Crippen molar-refractivity contribution in [3.63, 3.8) is 0 Å². The second-order valence-electron chi connectivity index (χ2n) is 17.0. The van der Waals surface area contributed by atoms with Gasteiger partial charge in [-0.15, -0.1) is 0 Å². The average molecular weight is 1270 g/mol. The number of ketones is 1. The summed E-state index contributed by atoms with van der Waals surface area (Å²) in [4.78, 5) is 47.0. The molecule has 11 nitrogen and oxygen atoms in total. The summed E-state index contributed by atoms with van der Waals surface area (Å²) in [5.41, 5.74) is 3.17. The Bertz CT molecular complexity index is 1070. The number of unbranched alkanes of at least 4 members (excludes halogenated alkanes) is 6. The zero-order chi connectivity index (χ0) is 62.9. The maximum atomic E-state index is 10.6. The van der Waals surface area contributed by atoms with E-state index in [0.717, 1.165) is 87.8 Å². The number of rotatable bonds is 10. The molecule has 522 valence electrons. The molecular formula is C71H166Mg3O11. The topological polar surface area (TPSA) is 274 Å². The van der Waals surface area contributed by atoms with Crippen LogP contribution in [0.1, 0.15) is 351 Å². The molecule has 1 saturated carbocycles. The summed E-state index contributed by atoms with van der Waals surface area (Å²) in [7, 11) is 0. The van der Waals surface area contributed by atoms with Crippen molar-refractivity contribution in [2.45, 2.75) is 342 Å². The molecule has 0 spiro atoms. The van der Waals surface area contributed by atoms with E-state index in [1.54, 1.807) is 11.1 Å². The molecular weight excluding hydrogens is 1100 g/mol. The summed E-state index contributed by atoms with van der Waals surface area (Å²) < 4.78 is 0. The third-order valence-electron chi connectivity index (χ3n) is 9.23. The standard InChI is InChI=1S/2C8H14.C7H12O.2C6H12.C5H10O.C5H12.2C4H8.C3H6O.C3H8.2C2H4O.4C2H6.3Mg.6H2O.6H/c2*1-7-3-5-8(2)6-4-7;1-6-2-4-7(8)5-3-6;2*1-3-5-6-4-2;1-2-3-4-5-6;1-3-5-4-2;2*1-3-4-2;1-2-3-4;1-3-2;2*1-2-3;4*1-2;;;;;;;;;;;;;;;/h2*3,8H,4-6H2,1-2H3;6H,2-5H2,1H3;2*3,5H,4,6H2,1-2H3;5H,2-4H2,1H3;3-5H2,1-2H3;2*3-4H,1-2H3;3H,2H2,1H3;3H2,1-2H3;2*2H,1H3;4*1-2H3;;;;6*1H2;;;;;;/q;;;;;;;;;;;;;;;;;3*+2;;;;;;;6*-1/b;;;2*5-3+;;;;;;;;;;;;;;;;;;;;;;;;;;;. The van der Waals surface area contributed by atoms with Gasteiger partial charge in [0.2, 0.25) is 0 Å². The largest absolute Gasteiger partial charge is 2.00 e. The van der Waals surface area contributed by atoms with Crippen molar-refractivity contribution >= 4 is 100 Å². The number of carbonyl (C=O) groups excluding carboxylic acids is 5. The minimum absolute atomic E-state index is 0. The van der Waals surface area contributed by atoms with Crippen LogP contribution in [0.3, 0.4) is 0 Å². The molecule has 0 aromatic carbocycles. The maximum Gasteiger partial charge on any atom is 2.00 e. The second-order valence-corrected chi connectivity index (χ2v) is 17.0. The maximum absolute atomic E-state index is 10.6. The van der Waals surface area contributed by atoms with Crippen LogP contribution in [0.5, 0.6) is 0 Å². The molecule has 3 aliphatic rings. The Morgan fingerprint density at radius 2 is 0.647 bits per heavy atom. The number of hydrogen-bond donors (Lipinski definition) is 0. The van der Waals surface area contributed by atoms with E-state index < -0.39 is 0 Å². The number of Topliss-reactive ketones (excluding diaryl/α,β-unsaturated/α-hetero) is 1. The first-order valence-electron chi connectivity index (χ1n) is 31.4. The molecule has 1 fully saturated rings. The van der Waals surface area contributed by atoms with Gasteiger partial charge in [-0.2, -0.15) is 0 Å². The molecule has 0 aliphatic heterocycles. The van der Waals surface area contributed by atoms with Gasteiger partial charge in [0.05, 0.1) is 0 Å². The molecule has 0 heterocycles. The van der Waals surface area contributed by atoms with Crippen LogP contribution >= 0.6 is 0 Å². The third kappa shape index (κ3) is 295. The molecule has 3 rings (SSSR count). The van der Waals surface area contributed by atoms with Crippen molar-refractivity contribution in [2.24, 2.45) is 17.8 Å². The quantitative estimate of drug-likeness (QED) is 0.0665. The minimum Gasteiger partial charge on any atom is -1.00 e. The molecule has 85 heavy (non-hydrogen) atoms. The third-order valence-corrected chi connectivity index (χ3v) is 9.23. The normalized spacial score (nSPS) is 12.4. The van der Waals surface area contributed by atoms with E-state index in [4.69, 9.17) is 9.59 Å². The molecule has 0 bridgehead atoms. The van der Waals surface area contributed by atoms with E-state index in [2.05, 4.69) is 133 Å². The summed E-state index contributed by atoms with van der Waals surface area (Å²) in [5.74, 6) is 3.15. The predicted molar refractivity (Wildman–Crippen MR) is 403 cm³/mol. The van der Waals surface area contributed by atoms with Crippen molar-refractivity contribution in [2.75, 3.05) is 0 Å². The van der Waals surface area contributed by atoms with Gasteiger partial charge < -0.3 is 60.6 Å². The molecule has 0 saturated heterocycles. The molecule has 14 heteroatoms. The smallest absolute Gasteiger partial charge is 1.00 e. The second kappa shape index (κ2) is 199. The van der Waals surface area contributed by atoms with Gasteiger partial charge >= 0.3 is 69.2 Å². The Morgan fingerprint density at radius 3 is 0.741 bits per heavy atom. The van der Waals surface area contributed by atoms with Crippen LogP contribution in [0.25, 0.3) is 0 Å². The van der Waals surface area contributed by atoms with Crippen molar-refractivity contribution in [3.05, 3.63) is 71.9 Å². The van der Waals surface area contributed by atoms with E-state index in [-0.39, 0.29) is 111 Å². The number of allylic oxidation sites excluding steroid dienone is 12. The van der Waals surface area contributed by atoms with Crippen LogP contribution in [-0.2, 0) is 40.4 Å². The van der Waals surface area contributed by atoms with Crippen LogP contribution in [-0.4, -0.2) is 117 Å². The van der Waals surface area contributed by atoms with E-state index in [0.29, 0.717) is 12.2 Å². The van der Waals surface area contributed by atoms with E-state index in [1.807, 2.05) is 114 Å². The molecule has 0 aromatic rings. The summed E-state index contributed by atoms with van der Waals surface area (Å²) >= 11 is 0. The van der Waals surface area contributed by atoms with Gasteiger partial charge in [-0.05, 0) is 158 Å². The van der Waals surface area contributed by atoms with Gasteiger partial charge in [0, 0.05) is 25.7 Å². The first-order chi connectivity index (χ1) is 36.5. The van der Waals surface area contributed by atoms with Gasteiger partial charge in [0.25, 0.3) is 0 Å². The first kappa shape index (κ1) is 155. The molecule has 0 aromatic heterocycles. The fourth-order valence-corrected chi connectivity index (χ4v) is 4.58. The van der Waals surface area contributed by atoms with Crippen LogP contribution in [0.15, 0.2) is 71.9 Å². The Labute approximate surface area is 593 Å².